The molecule has 0 atom stereocenters. The van der Waals surface area contributed by atoms with Crippen molar-refractivity contribution >= 4 is 45.7 Å². The molecular formula is C11H9N5S2. The molecular weight excluding hydrogens is 266 g/mol. The van der Waals surface area contributed by atoms with Crippen molar-refractivity contribution in [3.8, 4) is 5.69 Å². The number of thiazole rings is 1. The minimum atomic E-state index is 0.150. The Balaban J connectivity index is 2.43. The van der Waals surface area contributed by atoms with Crippen molar-refractivity contribution in [3.63, 3.8) is 0 Å². The molecule has 0 aliphatic carbocycles. The molecule has 2 aromatic heterocycles. The minimum absolute atomic E-state index is 0.150. The SMILES string of the molecule is Nc1nc(N)c2sc(=S)n(-c3ccccc3)c2n1. The summed E-state index contributed by atoms with van der Waals surface area (Å²) in [7, 11) is 0. The van der Waals surface area contributed by atoms with Gasteiger partial charge < -0.3 is 11.5 Å². The van der Waals surface area contributed by atoms with Crippen LogP contribution in [0.3, 0.4) is 0 Å². The third-order valence-electron chi connectivity index (χ3n) is 2.49. The van der Waals surface area contributed by atoms with E-state index < -0.39 is 0 Å². The third-order valence-corrected chi connectivity index (χ3v) is 3.87. The van der Waals surface area contributed by atoms with Crippen LogP contribution in [0, 0.1) is 3.95 Å². The first-order valence-corrected chi connectivity index (χ1v) is 6.39. The number of aromatic nitrogens is 3. The van der Waals surface area contributed by atoms with E-state index in [1.54, 1.807) is 0 Å². The van der Waals surface area contributed by atoms with Crippen LogP contribution >= 0.6 is 23.6 Å². The summed E-state index contributed by atoms with van der Waals surface area (Å²) >= 11 is 6.74. The number of nitrogens with two attached hydrogens (primary N) is 2. The van der Waals surface area contributed by atoms with Crippen LogP contribution in [-0.4, -0.2) is 14.5 Å². The molecule has 5 nitrogen and oxygen atoms in total. The second-order valence-corrected chi connectivity index (χ2v) is 5.30. The zero-order chi connectivity index (χ0) is 12.7. The molecule has 0 fully saturated rings. The smallest absolute Gasteiger partial charge is 0.224 e. The predicted octanol–water partition coefficient (Wildman–Crippen LogP) is 2.38. The molecule has 7 heteroatoms. The van der Waals surface area contributed by atoms with Crippen LogP contribution in [0.4, 0.5) is 11.8 Å². The van der Waals surface area contributed by atoms with Crippen LogP contribution in [0.2, 0.25) is 0 Å². The number of rotatable bonds is 1. The molecule has 1 aromatic carbocycles. The molecule has 0 amide bonds. The highest BCUT2D eigenvalue weighted by Crippen LogP contribution is 2.29. The Morgan fingerprint density at radius 3 is 2.56 bits per heavy atom. The highest BCUT2D eigenvalue weighted by Gasteiger charge is 2.12. The van der Waals surface area contributed by atoms with Gasteiger partial charge in [0.1, 0.15) is 10.5 Å². The molecule has 0 saturated heterocycles. The van der Waals surface area contributed by atoms with Gasteiger partial charge in [-0.25, -0.2) is 0 Å². The second-order valence-electron chi connectivity index (χ2n) is 3.66. The Kier molecular flexibility index (Phi) is 2.49. The van der Waals surface area contributed by atoms with E-state index in [9.17, 15) is 0 Å². The van der Waals surface area contributed by atoms with E-state index >= 15 is 0 Å². The minimum Gasteiger partial charge on any atom is -0.382 e. The van der Waals surface area contributed by atoms with E-state index in [-0.39, 0.29) is 5.95 Å². The number of hydrogen-bond donors (Lipinski definition) is 2. The summed E-state index contributed by atoms with van der Waals surface area (Å²) in [6, 6.07) is 9.73. The molecule has 0 saturated carbocycles. The Morgan fingerprint density at radius 2 is 1.83 bits per heavy atom. The largest absolute Gasteiger partial charge is 0.382 e. The normalized spacial score (nSPS) is 10.9. The molecule has 18 heavy (non-hydrogen) atoms. The van der Waals surface area contributed by atoms with Crippen LogP contribution in [0.15, 0.2) is 30.3 Å². The maximum Gasteiger partial charge on any atom is 0.224 e. The van der Waals surface area contributed by atoms with E-state index in [0.29, 0.717) is 15.4 Å². The highest BCUT2D eigenvalue weighted by molar-refractivity contribution is 7.73. The zero-order valence-electron chi connectivity index (χ0n) is 9.20. The molecule has 0 unspecified atom stereocenters. The van der Waals surface area contributed by atoms with E-state index in [1.165, 1.54) is 11.3 Å². The molecule has 3 rings (SSSR count). The van der Waals surface area contributed by atoms with Gasteiger partial charge in [-0.05, 0) is 24.4 Å². The first-order valence-electron chi connectivity index (χ1n) is 5.17. The third kappa shape index (κ3) is 1.64. The molecule has 90 valence electrons. The zero-order valence-corrected chi connectivity index (χ0v) is 10.8. The van der Waals surface area contributed by atoms with Crippen molar-refractivity contribution in [2.75, 3.05) is 11.5 Å². The summed E-state index contributed by atoms with van der Waals surface area (Å²) in [5, 5.41) is 0. The van der Waals surface area contributed by atoms with Gasteiger partial charge >= 0.3 is 0 Å². The summed E-state index contributed by atoms with van der Waals surface area (Å²) in [4.78, 5) is 8.17. The fraction of sp³-hybridized carbons (Fsp3) is 0. The van der Waals surface area contributed by atoms with Gasteiger partial charge in [0.25, 0.3) is 0 Å². The monoisotopic (exact) mass is 275 g/mol. The lowest BCUT2D eigenvalue weighted by Gasteiger charge is -2.04. The van der Waals surface area contributed by atoms with E-state index in [2.05, 4.69) is 9.97 Å². The Labute approximate surface area is 112 Å². The van der Waals surface area contributed by atoms with Gasteiger partial charge in [-0.1, -0.05) is 29.5 Å². The maximum absolute atomic E-state index is 5.84. The maximum atomic E-state index is 5.84. The number of anilines is 2. The van der Waals surface area contributed by atoms with Crippen LogP contribution in [0.1, 0.15) is 0 Å². The van der Waals surface area contributed by atoms with Crippen molar-refractivity contribution in [1.29, 1.82) is 0 Å². The fourth-order valence-corrected chi connectivity index (χ4v) is 3.02. The lowest BCUT2D eigenvalue weighted by atomic mass is 10.3. The van der Waals surface area contributed by atoms with Gasteiger partial charge in [0.2, 0.25) is 5.95 Å². The van der Waals surface area contributed by atoms with Gasteiger partial charge in [-0.2, -0.15) is 9.97 Å². The summed E-state index contributed by atoms with van der Waals surface area (Å²) in [5.74, 6) is 0.515. The highest BCUT2D eigenvalue weighted by atomic mass is 32.1. The summed E-state index contributed by atoms with van der Waals surface area (Å²) in [5.41, 5.74) is 13.1. The topological polar surface area (TPSA) is 82.7 Å². The van der Waals surface area contributed by atoms with E-state index in [4.69, 9.17) is 23.7 Å². The van der Waals surface area contributed by atoms with Gasteiger partial charge in [-0.15, -0.1) is 0 Å². The Hall–Kier alpha value is -1.99. The first-order chi connectivity index (χ1) is 8.66. The fourth-order valence-electron chi connectivity index (χ4n) is 1.75. The Bertz CT molecular complexity index is 775. The van der Waals surface area contributed by atoms with Crippen LogP contribution < -0.4 is 11.5 Å². The molecule has 0 spiro atoms. The first kappa shape index (κ1) is 11.1. The Morgan fingerprint density at radius 1 is 1.11 bits per heavy atom. The molecule has 0 aliphatic heterocycles. The lowest BCUT2D eigenvalue weighted by Crippen LogP contribution is -2.02. The van der Waals surface area contributed by atoms with Crippen LogP contribution in [-0.2, 0) is 0 Å². The van der Waals surface area contributed by atoms with Gasteiger partial charge in [-0.3, -0.25) is 4.57 Å². The summed E-state index contributed by atoms with van der Waals surface area (Å²) < 4.78 is 3.28. The van der Waals surface area contributed by atoms with E-state index in [1.807, 2.05) is 34.9 Å². The van der Waals surface area contributed by atoms with Crippen LogP contribution in [0.5, 0.6) is 0 Å². The van der Waals surface area contributed by atoms with Crippen molar-refractivity contribution in [3.05, 3.63) is 34.3 Å². The molecule has 2 heterocycles. The van der Waals surface area contributed by atoms with Crippen molar-refractivity contribution in [1.82, 2.24) is 14.5 Å². The quantitative estimate of drug-likeness (QED) is 0.666. The summed E-state index contributed by atoms with van der Waals surface area (Å²) in [6.07, 6.45) is 0. The van der Waals surface area contributed by atoms with Crippen molar-refractivity contribution in [2.24, 2.45) is 0 Å². The number of para-hydroxylation sites is 1. The number of fused-ring (bicyclic) bond motifs is 1. The average molecular weight is 275 g/mol. The van der Waals surface area contributed by atoms with E-state index in [0.717, 1.165) is 10.4 Å². The number of nitrogens with zero attached hydrogens (tertiary/aromatic N) is 3. The van der Waals surface area contributed by atoms with Crippen molar-refractivity contribution in [2.45, 2.75) is 0 Å². The van der Waals surface area contributed by atoms with Crippen LogP contribution in [0.25, 0.3) is 16.0 Å². The van der Waals surface area contributed by atoms with Gasteiger partial charge in [0.15, 0.2) is 9.60 Å². The standard InChI is InChI=1S/C11H9N5S2/c12-8-7-9(15-10(13)14-8)16(11(17)18-7)6-4-2-1-3-5-6/h1-5H,(H4,12,13,14,15). The average Bonchev–Trinajstić information content (AvgIpc) is 2.67. The number of benzene rings is 1. The molecule has 4 N–H and O–H groups in total. The van der Waals surface area contributed by atoms with Gasteiger partial charge in [0, 0.05) is 5.69 Å². The molecule has 0 radical (unpaired) electrons. The summed E-state index contributed by atoms with van der Waals surface area (Å²) in [6.45, 7) is 0. The molecule has 0 bridgehead atoms. The molecule has 3 aromatic rings. The number of nitrogen functional groups attached to an aromatic ring is 2. The second kappa shape index (κ2) is 4.04. The predicted molar refractivity (Wildman–Crippen MR) is 76.4 cm³/mol. The molecule has 0 aliphatic rings. The van der Waals surface area contributed by atoms with Gasteiger partial charge in [0.05, 0.1) is 0 Å². The lowest BCUT2D eigenvalue weighted by molar-refractivity contribution is 1.08. The van der Waals surface area contributed by atoms with Crippen molar-refractivity contribution < 1.29 is 0 Å². The number of hydrogen-bond acceptors (Lipinski definition) is 6.